The molecule has 1 aliphatic heterocycles. The molecule has 23 heavy (non-hydrogen) atoms. The fraction of sp³-hybridized carbons (Fsp3) is 0.556. The Balaban J connectivity index is 2.07. The lowest BCUT2D eigenvalue weighted by molar-refractivity contribution is -0.117. The molecule has 1 heterocycles. The number of rotatable bonds is 7. The molecule has 1 saturated heterocycles. The van der Waals surface area contributed by atoms with Crippen molar-refractivity contribution in [2.45, 2.75) is 26.3 Å². The minimum Gasteiger partial charge on any atom is -0.304 e. The Morgan fingerprint density at radius 1 is 1.39 bits per heavy atom. The molecule has 5 heteroatoms. The van der Waals surface area contributed by atoms with Gasteiger partial charge in [0.15, 0.2) is 0 Å². The highest BCUT2D eigenvalue weighted by atomic mass is 16.6. The van der Waals surface area contributed by atoms with Crippen molar-refractivity contribution in [3.63, 3.8) is 0 Å². The minimum absolute atomic E-state index is 0.0706. The van der Waals surface area contributed by atoms with Crippen LogP contribution in [-0.4, -0.2) is 30.9 Å². The molecule has 0 spiro atoms. The minimum atomic E-state index is -0.605. The molecule has 1 aromatic carbocycles. The summed E-state index contributed by atoms with van der Waals surface area (Å²) in [6.45, 7) is 5.03. The Hall–Kier alpha value is -1.74. The van der Waals surface area contributed by atoms with Gasteiger partial charge in [0.2, 0.25) is 0 Å². The van der Waals surface area contributed by atoms with Crippen LogP contribution in [0.1, 0.15) is 25.3 Å². The van der Waals surface area contributed by atoms with E-state index in [0.717, 1.165) is 38.8 Å². The summed E-state index contributed by atoms with van der Waals surface area (Å²) in [7, 11) is 0. The third-order valence-electron chi connectivity index (χ3n) is 5.26. The topological polar surface area (TPSA) is 79.3 Å². The Morgan fingerprint density at radius 3 is 2.57 bits per heavy atom. The standard InChI is InChI=1S/C18H25N3O2/c1-15(14-23-20)18(17(11-19)13-22)7-9-21(10-8-18)12-16-5-3-2-4-6-16/h2-6,13,15,17H,7-10,12,14,20H2,1H3. The van der Waals surface area contributed by atoms with Crippen molar-refractivity contribution in [3.05, 3.63) is 35.9 Å². The zero-order valence-corrected chi connectivity index (χ0v) is 13.6. The van der Waals surface area contributed by atoms with Crippen molar-refractivity contribution < 1.29 is 9.63 Å². The molecule has 2 N–H and O–H groups in total. The summed E-state index contributed by atoms with van der Waals surface area (Å²) in [6, 6.07) is 12.5. The largest absolute Gasteiger partial charge is 0.304 e. The number of piperidine rings is 1. The van der Waals surface area contributed by atoms with E-state index >= 15 is 0 Å². The smallest absolute Gasteiger partial charge is 0.137 e. The maximum Gasteiger partial charge on any atom is 0.137 e. The van der Waals surface area contributed by atoms with Gasteiger partial charge < -0.3 is 9.63 Å². The first-order valence-electron chi connectivity index (χ1n) is 8.09. The normalized spacial score (nSPS) is 20.4. The molecule has 2 atom stereocenters. The van der Waals surface area contributed by atoms with Crippen LogP contribution in [0.4, 0.5) is 0 Å². The van der Waals surface area contributed by atoms with Crippen LogP contribution in [0.3, 0.4) is 0 Å². The van der Waals surface area contributed by atoms with E-state index < -0.39 is 5.92 Å². The van der Waals surface area contributed by atoms with E-state index in [9.17, 15) is 10.1 Å². The van der Waals surface area contributed by atoms with Crippen LogP contribution in [0.5, 0.6) is 0 Å². The molecule has 0 radical (unpaired) electrons. The Morgan fingerprint density at radius 2 is 2.04 bits per heavy atom. The first-order chi connectivity index (χ1) is 11.2. The molecule has 1 aromatic rings. The first kappa shape index (κ1) is 17.6. The highest BCUT2D eigenvalue weighted by Gasteiger charge is 2.45. The van der Waals surface area contributed by atoms with Gasteiger partial charge in [-0.15, -0.1) is 0 Å². The van der Waals surface area contributed by atoms with Crippen molar-refractivity contribution in [1.82, 2.24) is 4.90 Å². The number of carbonyl (C=O) groups is 1. The van der Waals surface area contributed by atoms with Gasteiger partial charge in [0.1, 0.15) is 12.2 Å². The van der Waals surface area contributed by atoms with Crippen LogP contribution in [-0.2, 0) is 16.2 Å². The zero-order valence-electron chi connectivity index (χ0n) is 13.6. The zero-order chi connectivity index (χ0) is 16.7. The van der Waals surface area contributed by atoms with E-state index in [4.69, 9.17) is 10.7 Å². The number of benzene rings is 1. The van der Waals surface area contributed by atoms with Gasteiger partial charge >= 0.3 is 0 Å². The Bertz CT molecular complexity index is 533. The van der Waals surface area contributed by atoms with Gasteiger partial charge in [-0.1, -0.05) is 37.3 Å². The van der Waals surface area contributed by atoms with Gasteiger partial charge in [0.05, 0.1) is 12.7 Å². The predicted molar refractivity (Wildman–Crippen MR) is 87.9 cm³/mol. The molecule has 1 aliphatic rings. The Labute approximate surface area is 138 Å². The third-order valence-corrected chi connectivity index (χ3v) is 5.26. The number of carbonyl (C=O) groups excluding carboxylic acids is 1. The monoisotopic (exact) mass is 315 g/mol. The molecule has 124 valence electrons. The van der Waals surface area contributed by atoms with Crippen LogP contribution in [0.2, 0.25) is 0 Å². The highest BCUT2D eigenvalue weighted by molar-refractivity contribution is 5.59. The summed E-state index contributed by atoms with van der Waals surface area (Å²) in [5.74, 6) is 4.69. The van der Waals surface area contributed by atoms with Crippen molar-refractivity contribution >= 4 is 6.29 Å². The molecule has 0 aliphatic carbocycles. The van der Waals surface area contributed by atoms with Crippen LogP contribution >= 0.6 is 0 Å². The highest BCUT2D eigenvalue weighted by Crippen LogP contribution is 2.45. The van der Waals surface area contributed by atoms with Crippen molar-refractivity contribution in [2.24, 2.45) is 23.1 Å². The second-order valence-corrected chi connectivity index (χ2v) is 6.47. The Kier molecular flexibility index (Phi) is 6.28. The number of aldehydes is 1. The fourth-order valence-electron chi connectivity index (χ4n) is 3.68. The molecular weight excluding hydrogens is 290 g/mol. The summed E-state index contributed by atoms with van der Waals surface area (Å²) in [6.07, 6.45) is 2.41. The van der Waals surface area contributed by atoms with Gasteiger partial charge in [0.25, 0.3) is 0 Å². The van der Waals surface area contributed by atoms with E-state index in [0.29, 0.717) is 6.61 Å². The average Bonchev–Trinajstić information content (AvgIpc) is 2.58. The van der Waals surface area contributed by atoms with Gasteiger partial charge in [-0.2, -0.15) is 5.26 Å². The summed E-state index contributed by atoms with van der Waals surface area (Å²) < 4.78 is 0. The lowest BCUT2D eigenvalue weighted by Gasteiger charge is -2.46. The van der Waals surface area contributed by atoms with Crippen LogP contribution in [0, 0.1) is 28.6 Å². The quantitative estimate of drug-likeness (QED) is 0.616. The van der Waals surface area contributed by atoms with E-state index in [1.165, 1.54) is 5.56 Å². The summed E-state index contributed by atoms with van der Waals surface area (Å²) in [5.41, 5.74) is 0.939. The number of hydrogen-bond donors (Lipinski definition) is 1. The molecule has 2 unspecified atom stereocenters. The van der Waals surface area contributed by atoms with Crippen molar-refractivity contribution in [1.29, 1.82) is 5.26 Å². The van der Waals surface area contributed by atoms with Gasteiger partial charge in [-0.05, 0) is 37.4 Å². The van der Waals surface area contributed by atoms with Gasteiger partial charge in [0, 0.05) is 12.0 Å². The third kappa shape index (κ3) is 3.97. The molecule has 0 amide bonds. The predicted octanol–water partition coefficient (Wildman–Crippen LogP) is 2.13. The number of nitriles is 1. The molecule has 2 rings (SSSR count). The molecular formula is C18H25N3O2. The van der Waals surface area contributed by atoms with Crippen LogP contribution in [0.15, 0.2) is 30.3 Å². The molecule has 0 saturated carbocycles. The fourth-order valence-corrected chi connectivity index (χ4v) is 3.68. The summed E-state index contributed by atoms with van der Waals surface area (Å²) >= 11 is 0. The number of nitrogens with two attached hydrogens (primary N) is 1. The van der Waals surface area contributed by atoms with Crippen LogP contribution in [0.25, 0.3) is 0 Å². The van der Waals surface area contributed by atoms with Crippen molar-refractivity contribution in [2.75, 3.05) is 19.7 Å². The van der Waals surface area contributed by atoms with E-state index in [1.54, 1.807) is 0 Å². The molecule has 5 nitrogen and oxygen atoms in total. The van der Waals surface area contributed by atoms with Crippen molar-refractivity contribution in [3.8, 4) is 6.07 Å². The summed E-state index contributed by atoms with van der Waals surface area (Å²) in [5, 5.41) is 9.39. The second-order valence-electron chi connectivity index (χ2n) is 6.47. The second kappa shape index (κ2) is 8.21. The van der Waals surface area contributed by atoms with Crippen LogP contribution < -0.4 is 5.90 Å². The number of hydrogen-bond acceptors (Lipinski definition) is 5. The lowest BCUT2D eigenvalue weighted by atomic mass is 9.62. The maximum absolute atomic E-state index is 11.4. The SMILES string of the molecule is CC(CON)C1(C(C#N)C=O)CCN(Cc2ccccc2)CC1. The molecule has 0 bridgehead atoms. The van der Waals surface area contributed by atoms with E-state index in [2.05, 4.69) is 23.1 Å². The molecule has 1 fully saturated rings. The van der Waals surface area contributed by atoms with E-state index in [1.807, 2.05) is 25.1 Å². The van der Waals surface area contributed by atoms with Gasteiger partial charge in [-0.25, -0.2) is 5.90 Å². The maximum atomic E-state index is 11.4. The average molecular weight is 315 g/mol. The van der Waals surface area contributed by atoms with Gasteiger partial charge in [-0.3, -0.25) is 4.90 Å². The van der Waals surface area contributed by atoms with E-state index in [-0.39, 0.29) is 11.3 Å². The summed E-state index contributed by atoms with van der Waals surface area (Å²) in [4.78, 5) is 18.6. The molecule has 0 aromatic heterocycles. The number of likely N-dealkylation sites (tertiary alicyclic amines) is 1. The number of nitrogens with zero attached hydrogens (tertiary/aromatic N) is 2. The lowest BCUT2D eigenvalue weighted by Crippen LogP contribution is -2.48. The first-order valence-corrected chi connectivity index (χ1v) is 8.09.